The van der Waals surface area contributed by atoms with Crippen LogP contribution in [0.2, 0.25) is 0 Å². The molecule has 0 heterocycles. The number of carbonyl (C=O) groups is 1. The van der Waals surface area contributed by atoms with Gasteiger partial charge in [-0.2, -0.15) is 0 Å². The van der Waals surface area contributed by atoms with Crippen LogP contribution in [-0.4, -0.2) is 43.0 Å². The summed E-state index contributed by atoms with van der Waals surface area (Å²) in [6.45, 7) is 3.75. The number of nitrogens with one attached hydrogen (secondary N) is 2. The number of halogens is 2. The second-order valence-corrected chi connectivity index (χ2v) is 7.43. The Morgan fingerprint density at radius 1 is 1.19 bits per heavy atom. The summed E-state index contributed by atoms with van der Waals surface area (Å²) in [6.07, 6.45) is 2.11. The van der Waals surface area contributed by atoms with Crippen LogP contribution < -0.4 is 15.4 Å². The fraction of sp³-hybridized carbons (Fsp3) is 0.391. The van der Waals surface area contributed by atoms with E-state index in [4.69, 9.17) is 4.74 Å². The molecule has 0 atom stereocenters. The van der Waals surface area contributed by atoms with Gasteiger partial charge in [0.05, 0.1) is 6.54 Å². The molecule has 3 rings (SSSR count). The summed E-state index contributed by atoms with van der Waals surface area (Å²) in [5.41, 5.74) is 1.85. The Morgan fingerprint density at radius 3 is 2.65 bits per heavy atom. The zero-order chi connectivity index (χ0) is 21.3. The van der Waals surface area contributed by atoms with Gasteiger partial charge in [0.2, 0.25) is 0 Å². The van der Waals surface area contributed by atoms with Crippen molar-refractivity contribution in [1.82, 2.24) is 15.5 Å². The van der Waals surface area contributed by atoms with E-state index in [0.717, 1.165) is 36.5 Å². The van der Waals surface area contributed by atoms with Gasteiger partial charge in [-0.1, -0.05) is 24.3 Å². The highest BCUT2D eigenvalue weighted by Crippen LogP contribution is 2.19. The molecule has 1 aliphatic carbocycles. The lowest BCUT2D eigenvalue weighted by molar-refractivity contribution is -0.123. The maximum Gasteiger partial charge on any atom is 0.258 e. The Bertz CT molecular complexity index is 889. The van der Waals surface area contributed by atoms with Crippen molar-refractivity contribution < 1.29 is 13.9 Å². The fourth-order valence-corrected chi connectivity index (χ4v) is 3.00. The van der Waals surface area contributed by atoms with Crippen LogP contribution >= 0.6 is 24.0 Å². The summed E-state index contributed by atoms with van der Waals surface area (Å²) in [7, 11) is 1.92. The van der Waals surface area contributed by atoms with Crippen molar-refractivity contribution in [3.63, 3.8) is 0 Å². The quantitative estimate of drug-likeness (QED) is 0.289. The van der Waals surface area contributed by atoms with Crippen molar-refractivity contribution in [3.05, 3.63) is 65.5 Å². The van der Waals surface area contributed by atoms with Gasteiger partial charge in [-0.15, -0.1) is 24.0 Å². The van der Waals surface area contributed by atoms with Crippen molar-refractivity contribution in [1.29, 1.82) is 0 Å². The molecule has 2 aromatic carbocycles. The summed E-state index contributed by atoms with van der Waals surface area (Å²) in [4.78, 5) is 18.4. The molecule has 31 heavy (non-hydrogen) atoms. The highest BCUT2D eigenvalue weighted by Gasteiger charge is 2.23. The van der Waals surface area contributed by atoms with Gasteiger partial charge in [-0.3, -0.25) is 4.79 Å². The lowest BCUT2D eigenvalue weighted by atomic mass is 10.2. The number of hydrogen-bond acceptors (Lipinski definition) is 3. The van der Waals surface area contributed by atoms with E-state index in [0.29, 0.717) is 24.9 Å². The summed E-state index contributed by atoms with van der Waals surface area (Å²) in [5.74, 6) is 1.04. The predicted octanol–water partition coefficient (Wildman–Crippen LogP) is 3.70. The highest BCUT2D eigenvalue weighted by atomic mass is 127. The molecule has 6 nitrogen and oxygen atoms in total. The van der Waals surface area contributed by atoms with E-state index < -0.39 is 0 Å². The molecule has 0 radical (unpaired) electrons. The van der Waals surface area contributed by atoms with Crippen LogP contribution in [0.5, 0.6) is 5.75 Å². The number of hydrogen-bond donors (Lipinski definition) is 2. The van der Waals surface area contributed by atoms with Crippen LogP contribution in [0.1, 0.15) is 30.9 Å². The van der Waals surface area contributed by atoms with Crippen molar-refractivity contribution in [3.8, 4) is 5.75 Å². The third kappa shape index (κ3) is 8.72. The molecule has 8 heteroatoms. The molecule has 2 aromatic rings. The Hall–Kier alpha value is -2.36. The van der Waals surface area contributed by atoms with Crippen LogP contribution in [-0.2, 0) is 17.9 Å². The minimum absolute atomic E-state index is 0. The van der Waals surface area contributed by atoms with Gasteiger partial charge >= 0.3 is 0 Å². The van der Waals surface area contributed by atoms with E-state index in [1.165, 1.54) is 12.1 Å². The van der Waals surface area contributed by atoms with Crippen molar-refractivity contribution >= 4 is 35.8 Å². The molecule has 1 fully saturated rings. The number of guanidine groups is 1. The summed E-state index contributed by atoms with van der Waals surface area (Å²) >= 11 is 0. The van der Waals surface area contributed by atoms with E-state index in [1.54, 1.807) is 6.07 Å². The minimum atomic E-state index is -0.245. The lowest BCUT2D eigenvalue weighted by Crippen LogP contribution is -2.38. The first-order chi connectivity index (χ1) is 14.5. The molecular weight excluding hydrogens is 510 g/mol. The van der Waals surface area contributed by atoms with Crippen LogP contribution in [0.25, 0.3) is 0 Å². The maximum atomic E-state index is 13.5. The Balaban J connectivity index is 0.00000341. The SMILES string of the molecule is CCNC(=NCc1cccc(OCC(=O)NC2CC2)c1)N(C)Cc1cccc(F)c1.I. The van der Waals surface area contributed by atoms with E-state index in [2.05, 4.69) is 15.6 Å². The second kappa shape index (κ2) is 12.5. The van der Waals surface area contributed by atoms with Crippen LogP contribution in [0.15, 0.2) is 53.5 Å². The minimum Gasteiger partial charge on any atom is -0.484 e. The monoisotopic (exact) mass is 540 g/mol. The number of nitrogens with zero attached hydrogens (tertiary/aromatic N) is 2. The lowest BCUT2D eigenvalue weighted by Gasteiger charge is -2.22. The number of aliphatic imine (C=N–C) groups is 1. The van der Waals surface area contributed by atoms with Gasteiger partial charge in [0.15, 0.2) is 12.6 Å². The second-order valence-electron chi connectivity index (χ2n) is 7.43. The molecule has 0 aliphatic heterocycles. The molecule has 1 amide bonds. The summed E-state index contributed by atoms with van der Waals surface area (Å²) < 4.78 is 19.1. The molecule has 0 saturated heterocycles. The van der Waals surface area contributed by atoms with Gasteiger partial charge in [0.1, 0.15) is 11.6 Å². The predicted molar refractivity (Wildman–Crippen MR) is 131 cm³/mol. The average molecular weight is 540 g/mol. The topological polar surface area (TPSA) is 66.0 Å². The molecular formula is C23H30FIN4O2. The smallest absolute Gasteiger partial charge is 0.258 e. The van der Waals surface area contributed by atoms with E-state index in [-0.39, 0.29) is 42.3 Å². The normalized spacial score (nSPS) is 13.2. The average Bonchev–Trinajstić information content (AvgIpc) is 3.54. The first kappa shape index (κ1) is 24.9. The van der Waals surface area contributed by atoms with Gasteiger partial charge in [0.25, 0.3) is 5.91 Å². The summed E-state index contributed by atoms with van der Waals surface area (Å²) in [6, 6.07) is 14.5. The standard InChI is InChI=1S/C23H29FN4O2.HI/c1-3-25-23(28(2)15-18-7-4-8-19(24)12-18)26-14-17-6-5-9-21(13-17)30-16-22(29)27-20-10-11-20;/h4-9,12-13,20H,3,10-11,14-16H2,1-2H3,(H,25,26)(H,27,29);1H. The zero-order valence-corrected chi connectivity index (χ0v) is 20.3. The van der Waals surface area contributed by atoms with Crippen molar-refractivity contribution in [2.75, 3.05) is 20.2 Å². The number of carbonyl (C=O) groups excluding carboxylic acids is 1. The molecule has 0 bridgehead atoms. The van der Waals surface area contributed by atoms with E-state index in [1.807, 2.05) is 49.2 Å². The number of amides is 1. The molecule has 168 valence electrons. The first-order valence-electron chi connectivity index (χ1n) is 10.3. The van der Waals surface area contributed by atoms with Gasteiger partial charge < -0.3 is 20.3 Å². The molecule has 1 aliphatic rings. The molecule has 1 saturated carbocycles. The number of rotatable bonds is 9. The molecule has 0 aromatic heterocycles. The molecule has 0 spiro atoms. The third-order valence-electron chi connectivity index (χ3n) is 4.63. The van der Waals surface area contributed by atoms with E-state index in [9.17, 15) is 9.18 Å². The maximum absolute atomic E-state index is 13.5. The van der Waals surface area contributed by atoms with E-state index >= 15 is 0 Å². The van der Waals surface area contributed by atoms with Gasteiger partial charge in [0, 0.05) is 26.2 Å². The Kier molecular flexibility index (Phi) is 10.0. The number of benzene rings is 2. The molecule has 0 unspecified atom stereocenters. The highest BCUT2D eigenvalue weighted by molar-refractivity contribution is 14.0. The van der Waals surface area contributed by atoms with Crippen molar-refractivity contribution in [2.24, 2.45) is 4.99 Å². The first-order valence-corrected chi connectivity index (χ1v) is 10.3. The summed E-state index contributed by atoms with van der Waals surface area (Å²) in [5, 5.41) is 6.17. The third-order valence-corrected chi connectivity index (χ3v) is 4.63. The van der Waals surface area contributed by atoms with Crippen LogP contribution in [0.3, 0.4) is 0 Å². The van der Waals surface area contributed by atoms with Gasteiger partial charge in [-0.05, 0) is 55.2 Å². The fourth-order valence-electron chi connectivity index (χ4n) is 3.00. The Morgan fingerprint density at radius 2 is 1.94 bits per heavy atom. The molecule has 2 N–H and O–H groups in total. The zero-order valence-electron chi connectivity index (χ0n) is 17.9. The number of ether oxygens (including phenoxy) is 1. The van der Waals surface area contributed by atoms with Crippen molar-refractivity contribution in [2.45, 2.75) is 38.9 Å². The van der Waals surface area contributed by atoms with Gasteiger partial charge in [-0.25, -0.2) is 9.38 Å². The van der Waals surface area contributed by atoms with Crippen LogP contribution in [0.4, 0.5) is 4.39 Å². The van der Waals surface area contributed by atoms with Crippen LogP contribution in [0, 0.1) is 5.82 Å². The largest absolute Gasteiger partial charge is 0.484 e. The Labute approximate surface area is 200 Å².